The van der Waals surface area contributed by atoms with Crippen LogP contribution in [0.2, 0.25) is 0 Å². The largest absolute Gasteiger partial charge is 0.488 e. The molecule has 0 aliphatic rings. The highest BCUT2D eigenvalue weighted by atomic mass is 16.5. The third kappa shape index (κ3) is 1.80. The van der Waals surface area contributed by atoms with Crippen LogP contribution in [0.3, 0.4) is 0 Å². The molecule has 0 aliphatic carbocycles. The van der Waals surface area contributed by atoms with Crippen LogP contribution >= 0.6 is 0 Å². The molecule has 5 nitrogen and oxygen atoms in total. The van der Waals surface area contributed by atoms with Gasteiger partial charge in [-0.05, 0) is 17.6 Å². The maximum atomic E-state index is 11.2. The molecule has 0 unspecified atom stereocenters. The van der Waals surface area contributed by atoms with Crippen molar-refractivity contribution in [3.63, 3.8) is 0 Å². The Labute approximate surface area is 91.8 Å². The third-order valence-corrected chi connectivity index (χ3v) is 2.35. The Bertz CT molecular complexity index is 535. The number of benzene rings is 1. The summed E-state index contributed by atoms with van der Waals surface area (Å²) in [4.78, 5) is 14.1. The molecule has 0 spiro atoms. The number of H-pyrrole nitrogens is 1. The Morgan fingerprint density at radius 1 is 1.38 bits per heavy atom. The summed E-state index contributed by atoms with van der Waals surface area (Å²) in [6.07, 6.45) is 0. The Balaban J connectivity index is 2.50. The highest BCUT2D eigenvalue weighted by Crippen LogP contribution is 2.14. The van der Waals surface area contributed by atoms with Crippen LogP contribution in [0, 0.1) is 0 Å². The SMILES string of the molecule is COC(=O)c1cc2ccc(B(O)O)cc2[nH]1. The molecule has 1 heterocycles. The van der Waals surface area contributed by atoms with Crippen LogP contribution in [-0.2, 0) is 4.74 Å². The van der Waals surface area contributed by atoms with E-state index in [0.29, 0.717) is 16.7 Å². The number of aromatic amines is 1. The van der Waals surface area contributed by atoms with Crippen molar-refractivity contribution in [1.82, 2.24) is 4.98 Å². The summed E-state index contributed by atoms with van der Waals surface area (Å²) in [7, 11) is -0.217. The molecule has 2 rings (SSSR count). The molecule has 1 aromatic heterocycles. The van der Waals surface area contributed by atoms with Crippen molar-refractivity contribution in [3.05, 3.63) is 30.0 Å². The van der Waals surface area contributed by atoms with Gasteiger partial charge in [-0.2, -0.15) is 0 Å². The van der Waals surface area contributed by atoms with Gasteiger partial charge in [0.1, 0.15) is 5.69 Å². The van der Waals surface area contributed by atoms with E-state index in [1.807, 2.05) is 0 Å². The lowest BCUT2D eigenvalue weighted by atomic mass is 9.80. The second-order valence-corrected chi connectivity index (χ2v) is 3.39. The number of methoxy groups -OCH3 is 1. The van der Waals surface area contributed by atoms with E-state index < -0.39 is 13.1 Å². The van der Waals surface area contributed by atoms with Crippen molar-refractivity contribution in [1.29, 1.82) is 0 Å². The molecule has 0 saturated heterocycles. The number of ether oxygens (including phenoxy) is 1. The minimum Gasteiger partial charge on any atom is -0.464 e. The first-order chi connectivity index (χ1) is 7.61. The molecule has 16 heavy (non-hydrogen) atoms. The van der Waals surface area contributed by atoms with Crippen LogP contribution in [0.25, 0.3) is 10.9 Å². The summed E-state index contributed by atoms with van der Waals surface area (Å²) in [5.74, 6) is -0.456. The van der Waals surface area contributed by atoms with Gasteiger partial charge in [0.15, 0.2) is 0 Å². The number of esters is 1. The number of hydrogen-bond donors (Lipinski definition) is 3. The maximum absolute atomic E-state index is 11.2. The van der Waals surface area contributed by atoms with E-state index in [9.17, 15) is 4.79 Å². The van der Waals surface area contributed by atoms with Crippen molar-refractivity contribution < 1.29 is 19.6 Å². The lowest BCUT2D eigenvalue weighted by molar-refractivity contribution is 0.0595. The van der Waals surface area contributed by atoms with E-state index in [1.54, 1.807) is 24.3 Å². The predicted octanol–water partition coefficient (Wildman–Crippen LogP) is -0.366. The highest BCUT2D eigenvalue weighted by molar-refractivity contribution is 6.58. The molecule has 3 N–H and O–H groups in total. The number of nitrogens with one attached hydrogen (secondary N) is 1. The Morgan fingerprint density at radius 3 is 2.75 bits per heavy atom. The Hall–Kier alpha value is -1.79. The summed E-state index contributed by atoms with van der Waals surface area (Å²) >= 11 is 0. The van der Waals surface area contributed by atoms with E-state index in [-0.39, 0.29) is 0 Å². The molecule has 2 aromatic rings. The van der Waals surface area contributed by atoms with Gasteiger partial charge in [-0.3, -0.25) is 0 Å². The molecule has 1 aromatic carbocycles. The predicted molar refractivity (Wildman–Crippen MR) is 59.5 cm³/mol. The van der Waals surface area contributed by atoms with Gasteiger partial charge in [-0.25, -0.2) is 4.79 Å². The van der Waals surface area contributed by atoms with E-state index in [4.69, 9.17) is 10.0 Å². The molecule has 0 radical (unpaired) electrons. The zero-order valence-electron chi connectivity index (χ0n) is 8.60. The first kappa shape index (κ1) is 10.7. The molecule has 0 amide bonds. The molecule has 6 heteroatoms. The minimum atomic E-state index is -1.52. The minimum absolute atomic E-state index is 0.335. The van der Waals surface area contributed by atoms with Gasteiger partial charge in [0.05, 0.1) is 7.11 Å². The molecule has 0 atom stereocenters. The monoisotopic (exact) mass is 219 g/mol. The highest BCUT2D eigenvalue weighted by Gasteiger charge is 2.13. The first-order valence-corrected chi connectivity index (χ1v) is 4.69. The van der Waals surface area contributed by atoms with E-state index >= 15 is 0 Å². The van der Waals surface area contributed by atoms with Crippen molar-refractivity contribution in [2.75, 3.05) is 7.11 Å². The van der Waals surface area contributed by atoms with E-state index in [0.717, 1.165) is 5.39 Å². The summed E-state index contributed by atoms with van der Waals surface area (Å²) in [5, 5.41) is 18.8. The molecule has 0 saturated carbocycles. The quantitative estimate of drug-likeness (QED) is 0.475. The molecular formula is C10H10BNO4. The maximum Gasteiger partial charge on any atom is 0.488 e. The van der Waals surface area contributed by atoms with Crippen LogP contribution in [0.15, 0.2) is 24.3 Å². The van der Waals surface area contributed by atoms with Crippen LogP contribution < -0.4 is 5.46 Å². The van der Waals surface area contributed by atoms with Crippen molar-refractivity contribution in [2.45, 2.75) is 0 Å². The van der Waals surface area contributed by atoms with Crippen LogP contribution in [-0.4, -0.2) is 35.2 Å². The van der Waals surface area contributed by atoms with E-state index in [2.05, 4.69) is 9.72 Å². The number of carbonyl (C=O) groups excluding carboxylic acids is 1. The van der Waals surface area contributed by atoms with Crippen LogP contribution in [0.5, 0.6) is 0 Å². The lowest BCUT2D eigenvalue weighted by Crippen LogP contribution is -2.29. The summed E-state index contributed by atoms with van der Waals surface area (Å²) in [5.41, 5.74) is 1.36. The van der Waals surface area contributed by atoms with Gasteiger partial charge in [0.25, 0.3) is 0 Å². The zero-order chi connectivity index (χ0) is 11.7. The second kappa shape index (κ2) is 4.00. The Morgan fingerprint density at radius 2 is 2.12 bits per heavy atom. The number of hydrogen-bond acceptors (Lipinski definition) is 4. The Kier molecular flexibility index (Phi) is 2.68. The summed E-state index contributed by atoms with van der Waals surface area (Å²) in [6, 6.07) is 6.51. The van der Waals surface area contributed by atoms with Gasteiger partial charge in [-0.15, -0.1) is 0 Å². The zero-order valence-corrected chi connectivity index (χ0v) is 8.60. The molecule has 0 bridgehead atoms. The number of aromatic nitrogens is 1. The fourth-order valence-corrected chi connectivity index (χ4v) is 1.53. The molecule has 0 aliphatic heterocycles. The van der Waals surface area contributed by atoms with Gasteiger partial charge < -0.3 is 19.8 Å². The standard InChI is InChI=1S/C10H10BNO4/c1-16-10(13)9-4-6-2-3-7(11(14)15)5-8(6)12-9/h2-5,12,14-15H,1H3. The van der Waals surface area contributed by atoms with Gasteiger partial charge >= 0.3 is 13.1 Å². The average Bonchev–Trinajstić information content (AvgIpc) is 2.70. The topological polar surface area (TPSA) is 82.6 Å². The van der Waals surface area contributed by atoms with Crippen molar-refractivity contribution >= 4 is 29.5 Å². The molecule has 82 valence electrons. The number of rotatable bonds is 2. The normalized spacial score (nSPS) is 10.4. The van der Waals surface area contributed by atoms with Gasteiger partial charge in [0, 0.05) is 10.9 Å². The number of fused-ring (bicyclic) bond motifs is 1. The molecular weight excluding hydrogens is 209 g/mol. The second-order valence-electron chi connectivity index (χ2n) is 3.39. The average molecular weight is 219 g/mol. The number of carbonyl (C=O) groups is 1. The lowest BCUT2D eigenvalue weighted by Gasteiger charge is -1.98. The van der Waals surface area contributed by atoms with E-state index in [1.165, 1.54) is 7.11 Å². The first-order valence-electron chi connectivity index (χ1n) is 4.69. The summed E-state index contributed by atoms with van der Waals surface area (Å²) in [6.45, 7) is 0. The van der Waals surface area contributed by atoms with Gasteiger partial charge in [-0.1, -0.05) is 12.1 Å². The fraction of sp³-hybridized carbons (Fsp3) is 0.100. The van der Waals surface area contributed by atoms with Crippen LogP contribution in [0.4, 0.5) is 0 Å². The van der Waals surface area contributed by atoms with Crippen molar-refractivity contribution in [2.24, 2.45) is 0 Å². The third-order valence-electron chi connectivity index (χ3n) is 2.35. The smallest absolute Gasteiger partial charge is 0.464 e. The van der Waals surface area contributed by atoms with Crippen LogP contribution in [0.1, 0.15) is 10.5 Å². The fourth-order valence-electron chi connectivity index (χ4n) is 1.53. The van der Waals surface area contributed by atoms with Gasteiger partial charge in [0.2, 0.25) is 0 Å². The summed E-state index contributed by atoms with van der Waals surface area (Å²) < 4.78 is 4.57. The molecule has 0 fully saturated rings. The van der Waals surface area contributed by atoms with Crippen molar-refractivity contribution in [3.8, 4) is 0 Å².